The highest BCUT2D eigenvalue weighted by atomic mass is 19.4. The Morgan fingerprint density at radius 1 is 1.26 bits per heavy atom. The summed E-state index contributed by atoms with van der Waals surface area (Å²) in [5, 5.41) is 16.0. The fraction of sp³-hybridized carbons (Fsp3) is 0.476. The van der Waals surface area contributed by atoms with Crippen molar-refractivity contribution in [2.24, 2.45) is 5.41 Å². The maximum Gasteiger partial charge on any atom is 0.435 e. The summed E-state index contributed by atoms with van der Waals surface area (Å²) in [4.78, 5) is 14.2. The Hall–Kier alpha value is -3.22. The summed E-state index contributed by atoms with van der Waals surface area (Å²) in [6.07, 6.45) is -4.24. The van der Waals surface area contributed by atoms with Crippen molar-refractivity contribution in [3.05, 3.63) is 35.2 Å². The number of anilines is 2. The van der Waals surface area contributed by atoms with Crippen LogP contribution in [0.3, 0.4) is 0 Å². The third-order valence-corrected chi connectivity index (χ3v) is 4.84. The molecule has 0 saturated heterocycles. The highest BCUT2D eigenvalue weighted by Gasteiger charge is 2.36. The number of methoxy groups -OCH3 is 1. The predicted octanol–water partition coefficient (Wildman–Crippen LogP) is 4.18. The lowest BCUT2D eigenvalue weighted by atomic mass is 9.92. The van der Waals surface area contributed by atoms with Gasteiger partial charge in [-0.15, -0.1) is 0 Å². The molecule has 1 aliphatic rings. The number of carbonyl (C=O) groups is 1. The summed E-state index contributed by atoms with van der Waals surface area (Å²) in [5.74, 6) is 0.0722. The number of hydrogen-bond donors (Lipinski definition) is 1. The molecule has 0 radical (unpaired) electrons. The molecule has 0 atom stereocenters. The van der Waals surface area contributed by atoms with Gasteiger partial charge in [-0.25, -0.2) is 0 Å². The molecule has 0 unspecified atom stereocenters. The van der Waals surface area contributed by atoms with E-state index >= 15 is 0 Å². The van der Waals surface area contributed by atoms with Crippen molar-refractivity contribution in [3.63, 3.8) is 0 Å². The molecule has 1 N–H and O–H groups in total. The summed E-state index contributed by atoms with van der Waals surface area (Å²) in [6.45, 7) is 6.69. The number of fused-ring (bicyclic) bond motifs is 1. The molecule has 1 amide bonds. The molecule has 1 aliphatic heterocycles. The molecule has 10 heteroatoms. The van der Waals surface area contributed by atoms with Crippen molar-refractivity contribution < 1.29 is 22.7 Å². The molecule has 0 bridgehead atoms. The van der Waals surface area contributed by atoms with Crippen LogP contribution in [0.5, 0.6) is 5.75 Å². The van der Waals surface area contributed by atoms with Crippen LogP contribution in [-0.2, 0) is 24.1 Å². The second-order valence-corrected chi connectivity index (χ2v) is 8.63. The Morgan fingerprint density at radius 2 is 1.97 bits per heavy atom. The van der Waals surface area contributed by atoms with Crippen LogP contribution in [0.15, 0.2) is 18.2 Å². The molecule has 31 heavy (non-hydrogen) atoms. The topological polar surface area (TPSA) is 83.2 Å². The first-order valence-electron chi connectivity index (χ1n) is 9.72. The number of benzene rings is 1. The third-order valence-electron chi connectivity index (χ3n) is 4.84. The Bertz CT molecular complexity index is 1030. The number of carbonyl (C=O) groups excluding carboxylic acids is 1. The predicted molar refractivity (Wildman–Crippen MR) is 109 cm³/mol. The minimum absolute atomic E-state index is 0.201. The van der Waals surface area contributed by atoms with Crippen LogP contribution in [-0.4, -0.2) is 29.3 Å². The molecule has 1 aromatic carbocycles. The minimum Gasteiger partial charge on any atom is -0.494 e. The van der Waals surface area contributed by atoms with Crippen LogP contribution >= 0.6 is 0 Å². The van der Waals surface area contributed by atoms with E-state index in [0.717, 1.165) is 6.07 Å². The van der Waals surface area contributed by atoms with Crippen LogP contribution in [0.1, 0.15) is 44.1 Å². The number of nitrogens with zero attached hydrogens (tertiary/aromatic N) is 4. The Balaban J connectivity index is 1.89. The molecule has 2 heterocycles. The van der Waals surface area contributed by atoms with Crippen LogP contribution in [0.4, 0.5) is 24.5 Å². The highest BCUT2D eigenvalue weighted by Crippen LogP contribution is 2.36. The van der Waals surface area contributed by atoms with Gasteiger partial charge in [0.25, 0.3) is 0 Å². The van der Waals surface area contributed by atoms with Crippen LogP contribution < -0.4 is 15.0 Å². The largest absolute Gasteiger partial charge is 0.494 e. The van der Waals surface area contributed by atoms with Crippen molar-refractivity contribution >= 4 is 17.3 Å². The Labute approximate surface area is 178 Å². The smallest absolute Gasteiger partial charge is 0.435 e. The van der Waals surface area contributed by atoms with Crippen molar-refractivity contribution in [3.8, 4) is 11.8 Å². The molecule has 166 valence electrons. The molecular weight excluding hydrogens is 411 g/mol. The maximum absolute atomic E-state index is 13.0. The van der Waals surface area contributed by atoms with Gasteiger partial charge in [0.1, 0.15) is 17.5 Å². The van der Waals surface area contributed by atoms with Gasteiger partial charge in [0.2, 0.25) is 5.91 Å². The molecule has 1 aromatic heterocycles. The van der Waals surface area contributed by atoms with Crippen molar-refractivity contribution in [1.29, 1.82) is 5.26 Å². The quantitative estimate of drug-likeness (QED) is 0.779. The molecule has 3 rings (SSSR count). The van der Waals surface area contributed by atoms with Gasteiger partial charge >= 0.3 is 6.18 Å². The van der Waals surface area contributed by atoms with Gasteiger partial charge in [0.15, 0.2) is 5.69 Å². The molecule has 0 saturated carbocycles. The number of nitrogens with one attached hydrogen (secondary N) is 1. The van der Waals surface area contributed by atoms with Gasteiger partial charge in [-0.2, -0.15) is 23.5 Å². The molecular formula is C21H24F3N5O2. The monoisotopic (exact) mass is 435 g/mol. The normalized spacial score (nSPS) is 14.1. The zero-order valence-corrected chi connectivity index (χ0v) is 17.8. The standard InChI is InChI=1S/C21H24F3N5O2/c1-20(2,3)10-18(30)26-19-13(11-25)7-14(8-16(19)31-4)28-5-6-29-15(12-28)9-17(27-29)21(22,23)24/h7-9H,5-6,10,12H2,1-4H3,(H,26,30). The van der Waals surface area contributed by atoms with E-state index < -0.39 is 11.9 Å². The van der Waals surface area contributed by atoms with Gasteiger partial charge in [-0.3, -0.25) is 9.48 Å². The lowest BCUT2D eigenvalue weighted by molar-refractivity contribution is -0.141. The van der Waals surface area contributed by atoms with E-state index in [1.165, 1.54) is 11.8 Å². The number of hydrogen-bond acceptors (Lipinski definition) is 5. The molecule has 0 spiro atoms. The Kier molecular flexibility index (Phi) is 5.89. The average Bonchev–Trinajstić information content (AvgIpc) is 3.10. The number of amides is 1. The van der Waals surface area contributed by atoms with Gasteiger partial charge in [-0.1, -0.05) is 20.8 Å². The van der Waals surface area contributed by atoms with Gasteiger partial charge in [0, 0.05) is 24.7 Å². The first-order valence-corrected chi connectivity index (χ1v) is 9.72. The SMILES string of the molecule is COc1cc(N2CCn3nc(C(F)(F)F)cc3C2)cc(C#N)c1NC(=O)CC(C)(C)C. The van der Waals surface area contributed by atoms with E-state index in [1.807, 2.05) is 25.7 Å². The Morgan fingerprint density at radius 3 is 2.55 bits per heavy atom. The van der Waals surface area contributed by atoms with Crippen LogP contribution in [0.2, 0.25) is 0 Å². The summed E-state index contributed by atoms with van der Waals surface area (Å²) in [5.41, 5.74) is 0.394. The fourth-order valence-electron chi connectivity index (χ4n) is 3.45. The number of halogens is 3. The van der Waals surface area contributed by atoms with Gasteiger partial charge in [-0.05, 0) is 17.5 Å². The van der Waals surface area contributed by atoms with E-state index in [9.17, 15) is 23.2 Å². The number of nitriles is 1. The van der Waals surface area contributed by atoms with Crippen LogP contribution in [0.25, 0.3) is 0 Å². The number of rotatable bonds is 4. The van der Waals surface area contributed by atoms with Crippen LogP contribution in [0, 0.1) is 16.7 Å². The summed E-state index contributed by atoms with van der Waals surface area (Å²) in [7, 11) is 1.43. The first kappa shape index (κ1) is 22.5. The zero-order chi connectivity index (χ0) is 23.0. The van der Waals surface area contributed by atoms with E-state index in [4.69, 9.17) is 4.74 Å². The lowest BCUT2D eigenvalue weighted by Gasteiger charge is -2.30. The first-order chi connectivity index (χ1) is 14.4. The van der Waals surface area contributed by atoms with E-state index in [-0.39, 0.29) is 42.1 Å². The molecule has 2 aromatic rings. The fourth-order valence-corrected chi connectivity index (χ4v) is 3.45. The third kappa shape index (κ3) is 5.10. The molecule has 0 aliphatic carbocycles. The molecule has 0 fully saturated rings. The van der Waals surface area contributed by atoms with E-state index in [0.29, 0.717) is 23.7 Å². The maximum atomic E-state index is 13.0. The summed E-state index contributed by atoms with van der Waals surface area (Å²) < 4.78 is 45.7. The lowest BCUT2D eigenvalue weighted by Crippen LogP contribution is -2.34. The average molecular weight is 435 g/mol. The highest BCUT2D eigenvalue weighted by molar-refractivity contribution is 5.95. The van der Waals surface area contributed by atoms with Crippen molar-refractivity contribution in [2.75, 3.05) is 23.9 Å². The van der Waals surface area contributed by atoms with Gasteiger partial charge in [0.05, 0.1) is 31.5 Å². The summed E-state index contributed by atoms with van der Waals surface area (Å²) in [6, 6.07) is 6.38. The second-order valence-electron chi connectivity index (χ2n) is 8.63. The second kappa shape index (κ2) is 8.13. The minimum atomic E-state index is -4.50. The zero-order valence-electron chi connectivity index (χ0n) is 17.8. The number of ether oxygens (including phenoxy) is 1. The van der Waals surface area contributed by atoms with E-state index in [2.05, 4.69) is 16.5 Å². The number of aromatic nitrogens is 2. The summed E-state index contributed by atoms with van der Waals surface area (Å²) >= 11 is 0. The van der Waals surface area contributed by atoms with E-state index in [1.54, 1.807) is 12.1 Å². The van der Waals surface area contributed by atoms with Gasteiger partial charge < -0.3 is 15.0 Å². The van der Waals surface area contributed by atoms with Crippen molar-refractivity contribution in [2.45, 2.75) is 46.5 Å². The molecule has 7 nitrogen and oxygen atoms in total. The van der Waals surface area contributed by atoms with Crippen molar-refractivity contribution in [1.82, 2.24) is 9.78 Å². The number of alkyl halides is 3.